The molecule has 0 fully saturated rings. The van der Waals surface area contributed by atoms with Crippen LogP contribution in [0.1, 0.15) is 31.9 Å². The van der Waals surface area contributed by atoms with Crippen molar-refractivity contribution in [2.75, 3.05) is 7.11 Å². The largest absolute Gasteiger partial charge is 0.496 e. The minimum absolute atomic E-state index is 0.185. The van der Waals surface area contributed by atoms with Gasteiger partial charge in [-0.05, 0) is 43.0 Å². The Balaban J connectivity index is 3.12. The first kappa shape index (κ1) is 12.1. The van der Waals surface area contributed by atoms with E-state index in [0.29, 0.717) is 0 Å². The molecule has 1 rings (SSSR count). The number of rotatable bonds is 3. The van der Waals surface area contributed by atoms with Crippen molar-refractivity contribution in [2.45, 2.75) is 33.3 Å². The molecule has 0 spiro atoms. The molecule has 1 atom stereocenters. The fourth-order valence-electron chi connectivity index (χ4n) is 1.53. The molecule has 0 radical (unpaired) electrons. The topological polar surface area (TPSA) is 29.5 Å². The van der Waals surface area contributed by atoms with Gasteiger partial charge < -0.3 is 9.84 Å². The van der Waals surface area contributed by atoms with Crippen molar-refractivity contribution < 1.29 is 9.84 Å². The van der Waals surface area contributed by atoms with Crippen molar-refractivity contribution in [3.63, 3.8) is 0 Å². The molecule has 84 valence electrons. The van der Waals surface area contributed by atoms with Crippen LogP contribution >= 0.6 is 0 Å². The highest BCUT2D eigenvalue weighted by Crippen LogP contribution is 2.31. The second-order valence-electron chi connectivity index (χ2n) is 4.49. The Morgan fingerprint density at radius 2 is 1.93 bits per heavy atom. The molecule has 0 saturated heterocycles. The number of methoxy groups -OCH3 is 1. The van der Waals surface area contributed by atoms with Gasteiger partial charge in [0, 0.05) is 0 Å². The lowest BCUT2D eigenvalue weighted by atomic mass is 9.84. The van der Waals surface area contributed by atoms with Gasteiger partial charge in [0.25, 0.3) is 0 Å². The third kappa shape index (κ3) is 2.32. The number of aryl methyl sites for hydroxylation is 1. The van der Waals surface area contributed by atoms with Crippen LogP contribution in [0.4, 0.5) is 0 Å². The Labute approximate surface area is 91.9 Å². The van der Waals surface area contributed by atoms with Gasteiger partial charge in [-0.1, -0.05) is 19.9 Å². The summed E-state index contributed by atoms with van der Waals surface area (Å²) in [5.41, 5.74) is 1.21. The van der Waals surface area contributed by atoms with Gasteiger partial charge in [0.2, 0.25) is 0 Å². The van der Waals surface area contributed by atoms with Crippen LogP contribution in [0.2, 0.25) is 0 Å². The predicted octanol–water partition coefficient (Wildman–Crippen LogP) is 2.87. The van der Waals surface area contributed by atoms with Crippen molar-refractivity contribution >= 4 is 0 Å². The standard InChI is InChI=1S/C13H20O2/c1-9(2)13(4,14)11-6-7-12(15-5)10(3)8-11/h6-9,14H,1-5H3. The molecule has 0 aliphatic heterocycles. The molecule has 0 heterocycles. The summed E-state index contributed by atoms with van der Waals surface area (Å²) in [6, 6.07) is 5.81. The Kier molecular flexibility index (Phi) is 3.40. The fourth-order valence-corrected chi connectivity index (χ4v) is 1.53. The molecule has 0 amide bonds. The minimum Gasteiger partial charge on any atom is -0.496 e. The second-order valence-corrected chi connectivity index (χ2v) is 4.49. The maximum Gasteiger partial charge on any atom is 0.121 e. The average molecular weight is 208 g/mol. The zero-order chi connectivity index (χ0) is 11.6. The lowest BCUT2D eigenvalue weighted by Crippen LogP contribution is -2.27. The van der Waals surface area contributed by atoms with Crippen LogP contribution in [-0.2, 0) is 5.60 Å². The summed E-state index contributed by atoms with van der Waals surface area (Å²) in [6.07, 6.45) is 0. The summed E-state index contributed by atoms with van der Waals surface area (Å²) in [5, 5.41) is 10.3. The van der Waals surface area contributed by atoms with Crippen LogP contribution in [0.15, 0.2) is 18.2 Å². The van der Waals surface area contributed by atoms with Crippen molar-refractivity contribution in [1.82, 2.24) is 0 Å². The highest BCUT2D eigenvalue weighted by atomic mass is 16.5. The molecule has 2 nitrogen and oxygen atoms in total. The van der Waals surface area contributed by atoms with E-state index in [4.69, 9.17) is 4.74 Å². The SMILES string of the molecule is COc1ccc(C(C)(O)C(C)C)cc1C. The molecule has 0 aliphatic carbocycles. The summed E-state index contributed by atoms with van der Waals surface area (Å²) in [5.74, 6) is 1.05. The Morgan fingerprint density at radius 3 is 2.33 bits per heavy atom. The summed E-state index contributed by atoms with van der Waals surface area (Å²) in [7, 11) is 1.66. The minimum atomic E-state index is -0.781. The van der Waals surface area contributed by atoms with Crippen LogP contribution in [0.25, 0.3) is 0 Å². The highest BCUT2D eigenvalue weighted by Gasteiger charge is 2.27. The van der Waals surface area contributed by atoms with Gasteiger partial charge in [-0.2, -0.15) is 0 Å². The molecular formula is C13H20O2. The third-order valence-corrected chi connectivity index (χ3v) is 3.10. The van der Waals surface area contributed by atoms with Crippen LogP contribution in [0, 0.1) is 12.8 Å². The van der Waals surface area contributed by atoms with Crippen molar-refractivity contribution in [3.05, 3.63) is 29.3 Å². The van der Waals surface area contributed by atoms with E-state index in [1.54, 1.807) is 7.11 Å². The van der Waals surface area contributed by atoms with Gasteiger partial charge in [0.15, 0.2) is 0 Å². The Bertz CT molecular complexity index is 340. The van der Waals surface area contributed by atoms with Gasteiger partial charge in [0.1, 0.15) is 5.75 Å². The summed E-state index contributed by atoms with van der Waals surface area (Å²) < 4.78 is 5.19. The van der Waals surface area contributed by atoms with E-state index in [1.165, 1.54) is 0 Å². The van der Waals surface area contributed by atoms with E-state index >= 15 is 0 Å². The zero-order valence-electron chi connectivity index (χ0n) is 10.2. The molecule has 0 saturated carbocycles. The summed E-state index contributed by atoms with van der Waals surface area (Å²) >= 11 is 0. The van der Waals surface area contributed by atoms with Crippen LogP contribution < -0.4 is 4.74 Å². The van der Waals surface area contributed by atoms with E-state index in [2.05, 4.69) is 0 Å². The van der Waals surface area contributed by atoms with E-state index in [-0.39, 0.29) is 5.92 Å². The summed E-state index contributed by atoms with van der Waals surface area (Å²) in [6.45, 7) is 7.86. The average Bonchev–Trinajstić information content (AvgIpc) is 2.17. The Morgan fingerprint density at radius 1 is 1.33 bits per heavy atom. The first-order chi connectivity index (χ1) is 6.89. The number of aliphatic hydroxyl groups is 1. The van der Waals surface area contributed by atoms with Gasteiger partial charge in [0.05, 0.1) is 12.7 Å². The molecule has 1 N–H and O–H groups in total. The predicted molar refractivity (Wildman–Crippen MR) is 62.1 cm³/mol. The van der Waals surface area contributed by atoms with Crippen molar-refractivity contribution in [2.24, 2.45) is 5.92 Å². The maximum atomic E-state index is 10.3. The molecule has 0 bridgehead atoms. The third-order valence-electron chi connectivity index (χ3n) is 3.10. The van der Waals surface area contributed by atoms with E-state index in [0.717, 1.165) is 16.9 Å². The normalized spacial score (nSPS) is 15.1. The smallest absolute Gasteiger partial charge is 0.121 e. The van der Waals surface area contributed by atoms with Crippen LogP contribution in [-0.4, -0.2) is 12.2 Å². The lowest BCUT2D eigenvalue weighted by Gasteiger charge is -2.28. The van der Waals surface area contributed by atoms with Gasteiger partial charge in [-0.25, -0.2) is 0 Å². The first-order valence-electron chi connectivity index (χ1n) is 5.27. The summed E-state index contributed by atoms with van der Waals surface area (Å²) in [4.78, 5) is 0. The maximum absolute atomic E-state index is 10.3. The fraction of sp³-hybridized carbons (Fsp3) is 0.538. The van der Waals surface area contributed by atoms with Crippen LogP contribution in [0.3, 0.4) is 0 Å². The van der Waals surface area contributed by atoms with Crippen molar-refractivity contribution in [3.8, 4) is 5.75 Å². The Hall–Kier alpha value is -1.02. The molecule has 1 aromatic rings. The number of benzene rings is 1. The molecule has 1 unspecified atom stereocenters. The molecule has 2 heteroatoms. The monoisotopic (exact) mass is 208 g/mol. The van der Waals surface area contributed by atoms with Gasteiger partial charge >= 0.3 is 0 Å². The number of ether oxygens (including phenoxy) is 1. The van der Waals surface area contributed by atoms with E-state index < -0.39 is 5.60 Å². The molecule has 0 aromatic heterocycles. The number of hydrogen-bond donors (Lipinski definition) is 1. The zero-order valence-corrected chi connectivity index (χ0v) is 10.2. The highest BCUT2D eigenvalue weighted by molar-refractivity contribution is 5.38. The molecule has 15 heavy (non-hydrogen) atoms. The quantitative estimate of drug-likeness (QED) is 0.827. The van der Waals surface area contributed by atoms with Crippen LogP contribution in [0.5, 0.6) is 5.75 Å². The van der Waals surface area contributed by atoms with E-state index in [9.17, 15) is 5.11 Å². The van der Waals surface area contributed by atoms with Gasteiger partial charge in [-0.15, -0.1) is 0 Å². The number of hydrogen-bond acceptors (Lipinski definition) is 2. The van der Waals surface area contributed by atoms with Crippen molar-refractivity contribution in [1.29, 1.82) is 0 Å². The second kappa shape index (κ2) is 4.23. The van der Waals surface area contributed by atoms with E-state index in [1.807, 2.05) is 45.9 Å². The molecule has 1 aromatic carbocycles. The lowest BCUT2D eigenvalue weighted by molar-refractivity contribution is 0.00896. The molecular weight excluding hydrogens is 188 g/mol. The first-order valence-corrected chi connectivity index (χ1v) is 5.27. The molecule has 0 aliphatic rings. The van der Waals surface area contributed by atoms with Gasteiger partial charge in [-0.3, -0.25) is 0 Å².